The smallest absolute Gasteiger partial charge is 0.219 e. The monoisotopic (exact) mass is 549 g/mol. The number of hydrogen-bond donors (Lipinski definition) is 1. The number of carbonyl (C=O) groups is 1. The van der Waals surface area contributed by atoms with E-state index in [1.165, 1.54) is 0 Å². The first-order valence-electron chi connectivity index (χ1n) is 13.6. The predicted molar refractivity (Wildman–Crippen MR) is 157 cm³/mol. The maximum Gasteiger partial charge on any atom is 0.219 e. The number of aromatic nitrogens is 3. The first kappa shape index (κ1) is 26.2. The van der Waals surface area contributed by atoms with Gasteiger partial charge in [0.1, 0.15) is 34.1 Å². The number of ether oxygens (including phenoxy) is 3. The summed E-state index contributed by atoms with van der Waals surface area (Å²) in [6.45, 7) is 3.47. The number of anilines is 1. The Kier molecular flexibility index (Phi) is 7.40. The molecule has 1 amide bonds. The first-order valence-corrected chi connectivity index (χ1v) is 13.6. The number of likely N-dealkylation sites (tertiary alicyclic amines) is 1. The lowest BCUT2D eigenvalue weighted by Gasteiger charge is -2.15. The number of carbonyl (C=O) groups excluding carboxylic acids is 1. The summed E-state index contributed by atoms with van der Waals surface area (Å²) in [6.07, 6.45) is 2.57. The van der Waals surface area contributed by atoms with Gasteiger partial charge in [-0.15, -0.1) is 0 Å². The third-order valence-corrected chi connectivity index (χ3v) is 7.09. The largest absolute Gasteiger partial charge is 0.497 e. The van der Waals surface area contributed by atoms with Crippen LogP contribution in [0.3, 0.4) is 0 Å². The lowest BCUT2D eigenvalue weighted by atomic mass is 10.2. The molecule has 0 aliphatic carbocycles. The van der Waals surface area contributed by atoms with Gasteiger partial charge in [0.25, 0.3) is 0 Å². The van der Waals surface area contributed by atoms with E-state index >= 15 is 0 Å². The van der Waals surface area contributed by atoms with Crippen LogP contribution in [0.1, 0.15) is 18.9 Å². The Morgan fingerprint density at radius 3 is 2.27 bits per heavy atom. The second-order valence-electron chi connectivity index (χ2n) is 9.95. The minimum absolute atomic E-state index is 0.0777. The molecule has 2 aromatic heterocycles. The fourth-order valence-corrected chi connectivity index (χ4v) is 4.95. The summed E-state index contributed by atoms with van der Waals surface area (Å²) in [5.74, 6) is 4.34. The van der Waals surface area contributed by atoms with Crippen molar-refractivity contribution >= 4 is 22.8 Å². The van der Waals surface area contributed by atoms with Gasteiger partial charge in [-0.3, -0.25) is 4.79 Å². The van der Waals surface area contributed by atoms with Gasteiger partial charge in [-0.05, 0) is 60.5 Å². The maximum atomic E-state index is 11.9. The van der Waals surface area contributed by atoms with Crippen molar-refractivity contribution in [2.75, 3.05) is 25.5 Å². The summed E-state index contributed by atoms with van der Waals surface area (Å²) < 4.78 is 19.5. The Morgan fingerprint density at radius 1 is 0.902 bits per heavy atom. The van der Waals surface area contributed by atoms with Gasteiger partial charge in [-0.25, -0.2) is 9.67 Å². The third-order valence-electron chi connectivity index (χ3n) is 7.09. The maximum absolute atomic E-state index is 11.9. The SMILES string of the molecule is COc1ccc(Cn2nc(N[C@@H]3CCN(C(C)=O)C3)c3c(Oc4ccc(Oc5ccccc5)cc4)ccnc32)cc1. The van der Waals surface area contributed by atoms with Gasteiger partial charge in [0.05, 0.1) is 13.7 Å². The molecule has 5 aromatic rings. The molecule has 0 saturated carbocycles. The Bertz CT molecular complexity index is 1640. The topological polar surface area (TPSA) is 90.7 Å². The van der Waals surface area contributed by atoms with E-state index in [0.717, 1.165) is 35.4 Å². The highest BCUT2D eigenvalue weighted by molar-refractivity contribution is 5.93. The number of nitrogens with zero attached hydrogens (tertiary/aromatic N) is 4. The van der Waals surface area contributed by atoms with Gasteiger partial charge < -0.3 is 24.4 Å². The third kappa shape index (κ3) is 5.94. The molecule has 1 fully saturated rings. The molecule has 41 heavy (non-hydrogen) atoms. The zero-order valence-corrected chi connectivity index (χ0v) is 23.0. The van der Waals surface area contributed by atoms with Crippen molar-refractivity contribution in [3.05, 3.63) is 96.7 Å². The predicted octanol–water partition coefficient (Wildman–Crippen LogP) is 6.11. The molecule has 0 radical (unpaired) electrons. The van der Waals surface area contributed by atoms with Crippen LogP contribution in [0.2, 0.25) is 0 Å². The molecule has 9 heteroatoms. The van der Waals surface area contributed by atoms with E-state index in [2.05, 4.69) is 10.3 Å². The number of benzene rings is 3. The Labute approximate surface area is 238 Å². The Morgan fingerprint density at radius 2 is 1.59 bits per heavy atom. The molecule has 1 N–H and O–H groups in total. The van der Waals surface area contributed by atoms with Crippen molar-refractivity contribution in [1.29, 1.82) is 0 Å². The van der Waals surface area contributed by atoms with Crippen molar-refractivity contribution in [2.45, 2.75) is 25.9 Å². The average molecular weight is 550 g/mol. The first-order chi connectivity index (χ1) is 20.1. The van der Waals surface area contributed by atoms with Crippen LogP contribution in [0.4, 0.5) is 5.82 Å². The normalized spacial score (nSPS) is 14.7. The van der Waals surface area contributed by atoms with Crippen molar-refractivity contribution in [1.82, 2.24) is 19.7 Å². The second-order valence-corrected chi connectivity index (χ2v) is 9.95. The van der Waals surface area contributed by atoms with Gasteiger partial charge >= 0.3 is 0 Å². The highest BCUT2D eigenvalue weighted by atomic mass is 16.5. The number of amides is 1. The van der Waals surface area contributed by atoms with E-state index in [4.69, 9.17) is 19.3 Å². The summed E-state index contributed by atoms with van der Waals surface area (Å²) in [5, 5.41) is 9.29. The van der Waals surface area contributed by atoms with Gasteiger partial charge in [0.15, 0.2) is 11.5 Å². The molecule has 9 nitrogen and oxygen atoms in total. The molecule has 1 atom stereocenters. The highest BCUT2D eigenvalue weighted by Gasteiger charge is 2.27. The summed E-state index contributed by atoms with van der Waals surface area (Å²) in [4.78, 5) is 18.5. The molecular formula is C32H31N5O4. The number of rotatable bonds is 9. The van der Waals surface area contributed by atoms with Gasteiger partial charge in [-0.2, -0.15) is 5.10 Å². The summed E-state index contributed by atoms with van der Waals surface area (Å²) >= 11 is 0. The van der Waals surface area contributed by atoms with Crippen LogP contribution in [-0.2, 0) is 11.3 Å². The van der Waals surface area contributed by atoms with Crippen LogP contribution in [0.5, 0.6) is 28.7 Å². The molecule has 1 aliphatic rings. The zero-order valence-electron chi connectivity index (χ0n) is 23.0. The van der Waals surface area contributed by atoms with Gasteiger partial charge in [0, 0.05) is 38.3 Å². The Balaban J connectivity index is 1.30. The van der Waals surface area contributed by atoms with E-state index < -0.39 is 0 Å². The molecule has 0 bridgehead atoms. The van der Waals surface area contributed by atoms with E-state index in [9.17, 15) is 4.79 Å². The molecule has 6 rings (SSSR count). The number of nitrogens with one attached hydrogen (secondary N) is 1. The molecule has 1 aliphatic heterocycles. The van der Waals surface area contributed by atoms with Crippen LogP contribution in [0.15, 0.2) is 91.1 Å². The minimum atomic E-state index is 0.0777. The van der Waals surface area contributed by atoms with E-state index in [0.29, 0.717) is 41.8 Å². The molecular weight excluding hydrogens is 518 g/mol. The number of methoxy groups -OCH3 is 1. The second kappa shape index (κ2) is 11.6. The van der Waals surface area contributed by atoms with Crippen LogP contribution in [0.25, 0.3) is 11.0 Å². The van der Waals surface area contributed by atoms with E-state index in [1.807, 2.05) is 94.5 Å². The molecule has 0 unspecified atom stereocenters. The van der Waals surface area contributed by atoms with Crippen LogP contribution in [0, 0.1) is 0 Å². The highest BCUT2D eigenvalue weighted by Crippen LogP contribution is 2.36. The molecule has 208 valence electrons. The number of para-hydroxylation sites is 1. The zero-order chi connectivity index (χ0) is 28.2. The average Bonchev–Trinajstić information content (AvgIpc) is 3.61. The van der Waals surface area contributed by atoms with Gasteiger partial charge in [-0.1, -0.05) is 30.3 Å². The van der Waals surface area contributed by atoms with Crippen molar-refractivity contribution < 1.29 is 19.0 Å². The van der Waals surface area contributed by atoms with Crippen LogP contribution in [-0.4, -0.2) is 51.8 Å². The van der Waals surface area contributed by atoms with E-state index in [-0.39, 0.29) is 11.9 Å². The van der Waals surface area contributed by atoms with Crippen LogP contribution < -0.4 is 19.5 Å². The van der Waals surface area contributed by atoms with Crippen molar-refractivity contribution in [3.8, 4) is 28.7 Å². The lowest BCUT2D eigenvalue weighted by Crippen LogP contribution is -2.29. The molecule has 1 saturated heterocycles. The van der Waals surface area contributed by atoms with Crippen molar-refractivity contribution in [2.24, 2.45) is 0 Å². The van der Waals surface area contributed by atoms with E-state index in [1.54, 1.807) is 20.2 Å². The molecule has 3 heterocycles. The minimum Gasteiger partial charge on any atom is -0.497 e. The summed E-state index contributed by atoms with van der Waals surface area (Å²) in [6, 6.07) is 27.0. The Hall–Kier alpha value is -5.05. The fourth-order valence-electron chi connectivity index (χ4n) is 4.95. The summed E-state index contributed by atoms with van der Waals surface area (Å²) in [5.41, 5.74) is 1.76. The fraction of sp³-hybridized carbons (Fsp3) is 0.219. The molecule has 3 aromatic carbocycles. The number of hydrogen-bond acceptors (Lipinski definition) is 7. The summed E-state index contributed by atoms with van der Waals surface area (Å²) in [7, 11) is 1.65. The van der Waals surface area contributed by atoms with Crippen molar-refractivity contribution in [3.63, 3.8) is 0 Å². The molecule has 0 spiro atoms. The van der Waals surface area contributed by atoms with Gasteiger partial charge in [0.2, 0.25) is 5.91 Å². The number of fused-ring (bicyclic) bond motifs is 1. The van der Waals surface area contributed by atoms with Crippen LogP contribution >= 0.6 is 0 Å². The lowest BCUT2D eigenvalue weighted by molar-refractivity contribution is -0.127. The quantitative estimate of drug-likeness (QED) is 0.237. The standard InChI is InChI=1S/C32H31N5O4/c1-22(38)36-19-17-24(21-36)34-31-30-29(41-28-14-12-27(13-15-28)40-26-6-4-3-5-7-26)16-18-33-32(30)37(35-31)20-23-8-10-25(39-2)11-9-23/h3-16,18,24H,17,19-21H2,1-2H3,(H,34,35)/t24-/m1/s1. The number of pyridine rings is 1.